The van der Waals surface area contributed by atoms with Gasteiger partial charge in [-0.2, -0.15) is 0 Å². The van der Waals surface area contributed by atoms with E-state index >= 15 is 0 Å². The molecule has 0 spiro atoms. The molecule has 0 aromatic carbocycles. The topological polar surface area (TPSA) is 29.1 Å². The maximum atomic E-state index is 11.2. The van der Waals surface area contributed by atoms with E-state index in [1.54, 1.807) is 6.08 Å². The van der Waals surface area contributed by atoms with Crippen LogP contribution in [0.25, 0.3) is 0 Å². The van der Waals surface area contributed by atoms with Crippen LogP contribution in [0, 0.1) is 0 Å². The van der Waals surface area contributed by atoms with Crippen LogP contribution in [0.4, 0.5) is 0 Å². The van der Waals surface area contributed by atoms with Crippen LogP contribution in [0.5, 0.6) is 0 Å². The first kappa shape index (κ1) is 11.3. The molecule has 1 rings (SSSR count). The van der Waals surface area contributed by atoms with E-state index in [9.17, 15) is 4.79 Å². The van der Waals surface area contributed by atoms with Crippen molar-refractivity contribution >= 4 is 28.8 Å². The smallest absolute Gasteiger partial charge is 0.244 e. The molecule has 1 aromatic rings. The van der Waals surface area contributed by atoms with Gasteiger partial charge in [0.2, 0.25) is 5.91 Å². The van der Waals surface area contributed by atoms with Crippen molar-refractivity contribution in [2.24, 2.45) is 0 Å². The standard InChI is InChI=1S/C10H12ClNOS/c1-3-4-10(13)12-7(2)8-5-6-9(11)14-8/h3-7H,1-2H3,(H,12,13). The fourth-order valence-corrected chi connectivity index (χ4v) is 2.11. The number of carbonyl (C=O) groups is 1. The molecule has 14 heavy (non-hydrogen) atoms. The Morgan fingerprint density at radius 2 is 2.36 bits per heavy atom. The van der Waals surface area contributed by atoms with Crippen molar-refractivity contribution in [2.75, 3.05) is 0 Å². The predicted molar refractivity (Wildman–Crippen MR) is 60.7 cm³/mol. The lowest BCUT2D eigenvalue weighted by Gasteiger charge is -2.09. The van der Waals surface area contributed by atoms with E-state index in [1.165, 1.54) is 17.4 Å². The highest BCUT2D eigenvalue weighted by Gasteiger charge is 2.09. The van der Waals surface area contributed by atoms with Crippen LogP contribution in [-0.2, 0) is 4.79 Å². The van der Waals surface area contributed by atoms with Gasteiger partial charge in [-0.15, -0.1) is 11.3 Å². The zero-order valence-corrected chi connectivity index (χ0v) is 9.65. The van der Waals surface area contributed by atoms with Crippen LogP contribution < -0.4 is 5.32 Å². The molecule has 0 radical (unpaired) electrons. The molecule has 0 saturated heterocycles. The number of halogens is 1. The van der Waals surface area contributed by atoms with Crippen LogP contribution in [0.15, 0.2) is 24.3 Å². The Hall–Kier alpha value is -0.800. The summed E-state index contributed by atoms with van der Waals surface area (Å²) >= 11 is 7.28. The summed E-state index contributed by atoms with van der Waals surface area (Å²) in [6, 6.07) is 3.77. The highest BCUT2D eigenvalue weighted by molar-refractivity contribution is 7.16. The molecule has 1 heterocycles. The van der Waals surface area contributed by atoms with E-state index in [-0.39, 0.29) is 11.9 Å². The monoisotopic (exact) mass is 229 g/mol. The van der Waals surface area contributed by atoms with Gasteiger partial charge in [-0.25, -0.2) is 0 Å². The summed E-state index contributed by atoms with van der Waals surface area (Å²) in [5.74, 6) is -0.0791. The lowest BCUT2D eigenvalue weighted by atomic mass is 10.3. The number of rotatable bonds is 3. The second-order valence-electron chi connectivity index (χ2n) is 2.87. The van der Waals surface area contributed by atoms with Crippen LogP contribution in [-0.4, -0.2) is 5.91 Å². The Morgan fingerprint density at radius 3 is 2.86 bits per heavy atom. The normalized spacial score (nSPS) is 13.1. The van der Waals surface area contributed by atoms with Crippen LogP contribution in [0.2, 0.25) is 4.34 Å². The van der Waals surface area contributed by atoms with Crippen LogP contribution in [0.1, 0.15) is 24.8 Å². The highest BCUT2D eigenvalue weighted by Crippen LogP contribution is 2.26. The van der Waals surface area contributed by atoms with Gasteiger partial charge in [0, 0.05) is 4.88 Å². The van der Waals surface area contributed by atoms with Crippen molar-refractivity contribution in [2.45, 2.75) is 19.9 Å². The minimum Gasteiger partial charge on any atom is -0.345 e. The average Bonchev–Trinajstić information content (AvgIpc) is 2.52. The van der Waals surface area contributed by atoms with Crippen molar-refractivity contribution in [3.05, 3.63) is 33.5 Å². The molecule has 1 N–H and O–H groups in total. The minimum absolute atomic E-state index is 0.0104. The number of hydrogen-bond acceptors (Lipinski definition) is 2. The average molecular weight is 230 g/mol. The molecule has 1 amide bonds. The molecule has 0 aliphatic carbocycles. The first-order valence-corrected chi connectivity index (χ1v) is 5.51. The van der Waals surface area contributed by atoms with E-state index in [2.05, 4.69) is 5.32 Å². The first-order valence-electron chi connectivity index (χ1n) is 4.32. The first-order chi connectivity index (χ1) is 6.63. The Bertz CT molecular complexity index is 346. The summed E-state index contributed by atoms with van der Waals surface area (Å²) < 4.78 is 0.743. The molecule has 0 fully saturated rings. The van der Waals surface area contributed by atoms with Gasteiger partial charge < -0.3 is 5.32 Å². The molecular formula is C10H12ClNOS. The Labute approximate surface area is 92.6 Å². The maximum absolute atomic E-state index is 11.2. The molecule has 1 atom stereocenters. The van der Waals surface area contributed by atoms with Crippen molar-refractivity contribution in [3.8, 4) is 0 Å². The summed E-state index contributed by atoms with van der Waals surface area (Å²) in [7, 11) is 0. The third-order valence-electron chi connectivity index (χ3n) is 1.70. The summed E-state index contributed by atoms with van der Waals surface area (Å²) in [5, 5.41) is 2.84. The molecule has 76 valence electrons. The van der Waals surface area contributed by atoms with Gasteiger partial charge in [-0.1, -0.05) is 17.7 Å². The van der Waals surface area contributed by atoms with E-state index in [0.717, 1.165) is 9.21 Å². The molecule has 1 aromatic heterocycles. The Balaban J connectivity index is 2.58. The lowest BCUT2D eigenvalue weighted by molar-refractivity contribution is -0.117. The van der Waals surface area contributed by atoms with Crippen molar-refractivity contribution in [3.63, 3.8) is 0 Å². The summed E-state index contributed by atoms with van der Waals surface area (Å²) in [5.41, 5.74) is 0. The van der Waals surface area contributed by atoms with Crippen LogP contribution in [0.3, 0.4) is 0 Å². The number of nitrogens with one attached hydrogen (secondary N) is 1. The lowest BCUT2D eigenvalue weighted by Crippen LogP contribution is -2.23. The number of amides is 1. The number of hydrogen-bond donors (Lipinski definition) is 1. The van der Waals surface area contributed by atoms with Crippen molar-refractivity contribution < 1.29 is 4.79 Å². The van der Waals surface area contributed by atoms with Crippen molar-refractivity contribution in [1.82, 2.24) is 5.32 Å². The predicted octanol–water partition coefficient (Wildman–Crippen LogP) is 3.15. The maximum Gasteiger partial charge on any atom is 0.244 e. The van der Waals surface area contributed by atoms with Gasteiger partial charge in [0.25, 0.3) is 0 Å². The second kappa shape index (κ2) is 5.17. The van der Waals surface area contributed by atoms with E-state index in [0.29, 0.717) is 0 Å². The van der Waals surface area contributed by atoms with E-state index in [4.69, 9.17) is 11.6 Å². The SMILES string of the molecule is CC=CC(=O)NC(C)c1ccc(Cl)s1. The summed E-state index contributed by atoms with van der Waals surface area (Å²) in [4.78, 5) is 12.3. The molecule has 0 bridgehead atoms. The highest BCUT2D eigenvalue weighted by atomic mass is 35.5. The minimum atomic E-state index is -0.0791. The zero-order chi connectivity index (χ0) is 10.6. The third-order valence-corrected chi connectivity index (χ3v) is 3.11. The Morgan fingerprint density at radius 1 is 1.64 bits per heavy atom. The summed E-state index contributed by atoms with van der Waals surface area (Å²) in [6.45, 7) is 3.75. The van der Waals surface area contributed by atoms with Gasteiger partial charge in [-0.3, -0.25) is 4.79 Å². The zero-order valence-electron chi connectivity index (χ0n) is 8.08. The fraction of sp³-hybridized carbons (Fsp3) is 0.300. The molecule has 2 nitrogen and oxygen atoms in total. The summed E-state index contributed by atoms with van der Waals surface area (Å²) in [6.07, 6.45) is 3.22. The fourth-order valence-electron chi connectivity index (χ4n) is 1.05. The molecule has 4 heteroatoms. The van der Waals surface area contributed by atoms with Gasteiger partial charge in [0.15, 0.2) is 0 Å². The number of allylic oxidation sites excluding steroid dienone is 1. The van der Waals surface area contributed by atoms with Gasteiger partial charge in [-0.05, 0) is 32.1 Å². The van der Waals surface area contributed by atoms with Gasteiger partial charge in [0.1, 0.15) is 0 Å². The second-order valence-corrected chi connectivity index (χ2v) is 4.62. The Kier molecular flexibility index (Phi) is 4.17. The number of thiophene rings is 1. The van der Waals surface area contributed by atoms with Gasteiger partial charge >= 0.3 is 0 Å². The molecule has 0 aliphatic heterocycles. The van der Waals surface area contributed by atoms with Gasteiger partial charge in [0.05, 0.1) is 10.4 Å². The largest absolute Gasteiger partial charge is 0.345 e. The quantitative estimate of drug-likeness (QED) is 0.793. The van der Waals surface area contributed by atoms with Crippen LogP contribution >= 0.6 is 22.9 Å². The third kappa shape index (κ3) is 3.16. The van der Waals surface area contributed by atoms with E-state index < -0.39 is 0 Å². The molecule has 0 saturated carbocycles. The number of carbonyl (C=O) groups excluding carboxylic acids is 1. The molecular weight excluding hydrogens is 218 g/mol. The molecule has 1 unspecified atom stereocenters. The van der Waals surface area contributed by atoms with E-state index in [1.807, 2.05) is 26.0 Å². The van der Waals surface area contributed by atoms with Crippen molar-refractivity contribution in [1.29, 1.82) is 0 Å². The molecule has 0 aliphatic rings.